The predicted octanol–water partition coefficient (Wildman–Crippen LogP) is 4.79. The molecule has 0 unspecified atom stereocenters. The van der Waals surface area contributed by atoms with E-state index in [9.17, 15) is 9.59 Å². The minimum absolute atomic E-state index is 0.218. The third kappa shape index (κ3) is 4.03. The number of thiazole rings is 1. The summed E-state index contributed by atoms with van der Waals surface area (Å²) in [6.45, 7) is 3.77. The predicted molar refractivity (Wildman–Crippen MR) is 118 cm³/mol. The molecule has 1 N–H and O–H groups in total. The standard InChI is InChI=1S/C21H18N4O3S2/c1-3-28-20(27)17-13(2)30-21(22-17)23-19(26)15-12-25(14-8-5-4-6-9-14)24-18(15)16-10-7-11-29-16/h4-12H,3H2,1-2H3,(H,22,23,26). The second-order valence-corrected chi connectivity index (χ2v) is 8.40. The molecule has 30 heavy (non-hydrogen) atoms. The van der Waals surface area contributed by atoms with Crippen LogP contribution in [0.25, 0.3) is 16.3 Å². The molecule has 4 rings (SSSR count). The number of anilines is 1. The van der Waals surface area contributed by atoms with Gasteiger partial charge < -0.3 is 4.74 Å². The molecule has 0 aliphatic carbocycles. The number of para-hydroxylation sites is 1. The van der Waals surface area contributed by atoms with Crippen LogP contribution in [0.5, 0.6) is 0 Å². The van der Waals surface area contributed by atoms with Crippen LogP contribution in [0, 0.1) is 6.92 Å². The van der Waals surface area contributed by atoms with Gasteiger partial charge in [0.15, 0.2) is 10.8 Å². The molecule has 9 heteroatoms. The Kier molecular flexibility index (Phi) is 5.73. The molecular weight excluding hydrogens is 420 g/mol. The lowest BCUT2D eigenvalue weighted by molar-refractivity contribution is 0.0519. The Balaban J connectivity index is 1.66. The summed E-state index contributed by atoms with van der Waals surface area (Å²) < 4.78 is 6.69. The van der Waals surface area contributed by atoms with Gasteiger partial charge in [0.1, 0.15) is 5.69 Å². The van der Waals surface area contributed by atoms with Crippen LogP contribution in [0.2, 0.25) is 0 Å². The van der Waals surface area contributed by atoms with Gasteiger partial charge in [-0.15, -0.1) is 22.7 Å². The molecule has 3 heterocycles. The first-order valence-electron chi connectivity index (χ1n) is 9.21. The number of aryl methyl sites for hydroxylation is 1. The second-order valence-electron chi connectivity index (χ2n) is 6.25. The van der Waals surface area contributed by atoms with E-state index < -0.39 is 5.97 Å². The normalized spacial score (nSPS) is 10.7. The number of carbonyl (C=O) groups excluding carboxylic acids is 2. The molecule has 0 fully saturated rings. The summed E-state index contributed by atoms with van der Waals surface area (Å²) in [5, 5.41) is 9.71. The first-order valence-corrected chi connectivity index (χ1v) is 10.9. The van der Waals surface area contributed by atoms with Crippen molar-refractivity contribution in [1.82, 2.24) is 14.8 Å². The van der Waals surface area contributed by atoms with Gasteiger partial charge in [0.25, 0.3) is 5.91 Å². The van der Waals surface area contributed by atoms with Gasteiger partial charge in [-0.1, -0.05) is 24.3 Å². The Labute approximate surface area is 181 Å². The molecule has 4 aromatic rings. The van der Waals surface area contributed by atoms with Crippen molar-refractivity contribution in [2.45, 2.75) is 13.8 Å². The number of ether oxygens (including phenoxy) is 1. The SMILES string of the molecule is CCOC(=O)c1nc(NC(=O)c2cn(-c3ccccc3)nc2-c2cccs2)sc1C. The van der Waals surface area contributed by atoms with Crippen molar-refractivity contribution >= 4 is 39.7 Å². The molecule has 0 aliphatic heterocycles. The summed E-state index contributed by atoms with van der Waals surface area (Å²) in [4.78, 5) is 30.9. The number of hydrogen-bond acceptors (Lipinski definition) is 7. The number of aromatic nitrogens is 3. The monoisotopic (exact) mass is 438 g/mol. The fraction of sp³-hybridized carbons (Fsp3) is 0.143. The fourth-order valence-electron chi connectivity index (χ4n) is 2.85. The van der Waals surface area contributed by atoms with Crippen LogP contribution in [0.4, 0.5) is 5.13 Å². The van der Waals surface area contributed by atoms with Crippen molar-refractivity contribution in [3.8, 4) is 16.3 Å². The third-order valence-electron chi connectivity index (χ3n) is 4.22. The van der Waals surface area contributed by atoms with E-state index in [1.807, 2.05) is 47.8 Å². The summed E-state index contributed by atoms with van der Waals surface area (Å²) in [6.07, 6.45) is 1.70. The Morgan fingerprint density at radius 2 is 1.97 bits per heavy atom. The van der Waals surface area contributed by atoms with Crippen LogP contribution in [0.1, 0.15) is 32.6 Å². The van der Waals surface area contributed by atoms with Crippen molar-refractivity contribution < 1.29 is 14.3 Å². The minimum atomic E-state index is -0.497. The Bertz CT molecular complexity index is 1180. The van der Waals surface area contributed by atoms with E-state index in [4.69, 9.17) is 4.74 Å². The quantitative estimate of drug-likeness (QED) is 0.437. The van der Waals surface area contributed by atoms with Crippen molar-refractivity contribution in [3.05, 3.63) is 70.2 Å². The molecule has 1 aromatic carbocycles. The van der Waals surface area contributed by atoms with Gasteiger partial charge in [0, 0.05) is 11.1 Å². The van der Waals surface area contributed by atoms with E-state index in [0.717, 1.165) is 10.6 Å². The number of carbonyl (C=O) groups is 2. The number of nitrogens with zero attached hydrogens (tertiary/aromatic N) is 3. The lowest BCUT2D eigenvalue weighted by atomic mass is 10.2. The number of esters is 1. The summed E-state index contributed by atoms with van der Waals surface area (Å²) in [5.74, 6) is -0.840. The average molecular weight is 439 g/mol. The molecule has 152 valence electrons. The summed E-state index contributed by atoms with van der Waals surface area (Å²) in [5.41, 5.74) is 2.08. The van der Waals surface area contributed by atoms with Crippen molar-refractivity contribution in [1.29, 1.82) is 0 Å². The van der Waals surface area contributed by atoms with E-state index in [0.29, 0.717) is 21.3 Å². The number of rotatable bonds is 6. The molecule has 0 saturated carbocycles. The lowest BCUT2D eigenvalue weighted by Crippen LogP contribution is -2.12. The second kappa shape index (κ2) is 8.60. The molecule has 0 saturated heterocycles. The number of nitrogens with one attached hydrogen (secondary N) is 1. The maximum absolute atomic E-state index is 13.1. The molecule has 0 bridgehead atoms. The zero-order chi connectivity index (χ0) is 21.1. The topological polar surface area (TPSA) is 86.1 Å². The van der Waals surface area contributed by atoms with Gasteiger partial charge >= 0.3 is 5.97 Å². The van der Waals surface area contributed by atoms with E-state index in [-0.39, 0.29) is 18.2 Å². The highest BCUT2D eigenvalue weighted by molar-refractivity contribution is 7.16. The van der Waals surface area contributed by atoms with Crippen molar-refractivity contribution in [2.75, 3.05) is 11.9 Å². The number of amides is 1. The molecular formula is C21H18N4O3S2. The lowest BCUT2D eigenvalue weighted by Gasteiger charge is -2.01. The van der Waals surface area contributed by atoms with Crippen LogP contribution in [0.15, 0.2) is 54.0 Å². The molecule has 0 radical (unpaired) electrons. The van der Waals surface area contributed by atoms with Crippen LogP contribution >= 0.6 is 22.7 Å². The number of thiophene rings is 1. The van der Waals surface area contributed by atoms with Crippen LogP contribution in [-0.4, -0.2) is 33.2 Å². The van der Waals surface area contributed by atoms with E-state index in [1.165, 1.54) is 22.7 Å². The van der Waals surface area contributed by atoms with E-state index in [2.05, 4.69) is 15.4 Å². The van der Waals surface area contributed by atoms with Crippen molar-refractivity contribution in [3.63, 3.8) is 0 Å². The summed E-state index contributed by atoms with van der Waals surface area (Å²) in [7, 11) is 0. The van der Waals surface area contributed by atoms with Gasteiger partial charge in [-0.3, -0.25) is 10.1 Å². The van der Waals surface area contributed by atoms with Gasteiger partial charge in [0.2, 0.25) is 0 Å². The molecule has 0 spiro atoms. The number of benzene rings is 1. The third-order valence-corrected chi connectivity index (χ3v) is 5.98. The molecule has 0 atom stereocenters. The Morgan fingerprint density at radius 1 is 1.17 bits per heavy atom. The molecule has 1 amide bonds. The first-order chi connectivity index (χ1) is 14.6. The highest BCUT2D eigenvalue weighted by Gasteiger charge is 2.22. The first kappa shape index (κ1) is 20.0. The molecule has 7 nitrogen and oxygen atoms in total. The van der Waals surface area contributed by atoms with Gasteiger partial charge in [-0.05, 0) is 37.4 Å². The van der Waals surface area contributed by atoms with Crippen molar-refractivity contribution in [2.24, 2.45) is 0 Å². The highest BCUT2D eigenvalue weighted by atomic mass is 32.1. The Morgan fingerprint density at radius 3 is 2.67 bits per heavy atom. The smallest absolute Gasteiger partial charge is 0.358 e. The fourth-order valence-corrected chi connectivity index (χ4v) is 4.37. The zero-order valence-electron chi connectivity index (χ0n) is 16.3. The zero-order valence-corrected chi connectivity index (χ0v) is 17.9. The largest absolute Gasteiger partial charge is 0.461 e. The Hall–Kier alpha value is -3.30. The maximum atomic E-state index is 13.1. The van der Waals surface area contributed by atoms with Crippen LogP contribution in [0.3, 0.4) is 0 Å². The highest BCUT2D eigenvalue weighted by Crippen LogP contribution is 2.29. The van der Waals surface area contributed by atoms with Gasteiger partial charge in [-0.25, -0.2) is 14.5 Å². The molecule has 3 aromatic heterocycles. The number of hydrogen-bond donors (Lipinski definition) is 1. The maximum Gasteiger partial charge on any atom is 0.358 e. The van der Waals surface area contributed by atoms with Gasteiger partial charge in [-0.2, -0.15) is 5.10 Å². The molecule has 0 aliphatic rings. The summed E-state index contributed by atoms with van der Waals surface area (Å²) in [6, 6.07) is 13.4. The van der Waals surface area contributed by atoms with Crippen LogP contribution < -0.4 is 5.32 Å². The summed E-state index contributed by atoms with van der Waals surface area (Å²) >= 11 is 2.74. The van der Waals surface area contributed by atoms with E-state index >= 15 is 0 Å². The van der Waals surface area contributed by atoms with Crippen LogP contribution in [-0.2, 0) is 4.74 Å². The average Bonchev–Trinajstić information content (AvgIpc) is 3.48. The van der Waals surface area contributed by atoms with Gasteiger partial charge in [0.05, 0.1) is 22.7 Å². The minimum Gasteiger partial charge on any atom is -0.461 e. The van der Waals surface area contributed by atoms with E-state index in [1.54, 1.807) is 24.7 Å².